The highest BCUT2D eigenvalue weighted by Crippen LogP contribution is 2.19. The lowest BCUT2D eigenvalue weighted by Crippen LogP contribution is -1.93. The molecule has 0 aliphatic rings. The van der Waals surface area contributed by atoms with E-state index in [9.17, 15) is 0 Å². The van der Waals surface area contributed by atoms with Crippen molar-refractivity contribution in [2.24, 2.45) is 0 Å². The number of hydrogen-bond acceptors (Lipinski definition) is 2. The van der Waals surface area contributed by atoms with Crippen molar-refractivity contribution < 1.29 is 0 Å². The summed E-state index contributed by atoms with van der Waals surface area (Å²) in [5, 5.41) is 0.479. The molecule has 0 saturated heterocycles. The van der Waals surface area contributed by atoms with Crippen LogP contribution in [-0.2, 0) is 6.54 Å². The Morgan fingerprint density at radius 2 is 2.31 bits per heavy atom. The highest BCUT2D eigenvalue weighted by atomic mass is 35.5. The third-order valence-electron chi connectivity index (χ3n) is 1.96. The lowest BCUT2D eigenvalue weighted by atomic mass is 10.4. The van der Waals surface area contributed by atoms with Crippen LogP contribution in [0.5, 0.6) is 0 Å². The van der Waals surface area contributed by atoms with Gasteiger partial charge < -0.3 is 4.57 Å². The molecule has 4 heteroatoms. The van der Waals surface area contributed by atoms with Crippen molar-refractivity contribution in [3.05, 3.63) is 23.7 Å². The lowest BCUT2D eigenvalue weighted by molar-refractivity contribution is 0.697. The van der Waals surface area contributed by atoms with Crippen molar-refractivity contribution in [2.75, 3.05) is 0 Å². The summed E-state index contributed by atoms with van der Waals surface area (Å²) in [6.07, 6.45) is 4.60. The van der Waals surface area contributed by atoms with Gasteiger partial charge in [0, 0.05) is 12.7 Å². The molecule has 2 aromatic rings. The van der Waals surface area contributed by atoms with Crippen LogP contribution in [0.25, 0.3) is 11.0 Å². The minimum absolute atomic E-state index is 0.479. The summed E-state index contributed by atoms with van der Waals surface area (Å²) in [5.74, 6) is 0. The number of pyridine rings is 1. The molecule has 0 fully saturated rings. The zero-order valence-electron chi connectivity index (χ0n) is 7.37. The Bertz CT molecular complexity index is 422. The zero-order chi connectivity index (χ0) is 9.26. The maximum atomic E-state index is 5.88. The van der Waals surface area contributed by atoms with E-state index < -0.39 is 0 Å². The number of nitrogens with zero attached hydrogens (tertiary/aromatic N) is 3. The molecule has 0 aliphatic heterocycles. The van der Waals surface area contributed by atoms with E-state index in [1.54, 1.807) is 6.20 Å². The summed E-state index contributed by atoms with van der Waals surface area (Å²) >= 11 is 5.88. The number of imidazole rings is 1. The molecule has 2 heterocycles. The number of rotatable bonds is 2. The SMILES string of the molecule is CCCn1cnc2c(Cl)nccc21. The molecule has 3 nitrogen and oxygen atoms in total. The maximum absolute atomic E-state index is 5.88. The van der Waals surface area contributed by atoms with E-state index in [0.29, 0.717) is 5.15 Å². The second-order valence-corrected chi connectivity index (χ2v) is 3.27. The normalized spacial score (nSPS) is 10.9. The van der Waals surface area contributed by atoms with E-state index in [1.165, 1.54) is 0 Å². The van der Waals surface area contributed by atoms with E-state index in [-0.39, 0.29) is 0 Å². The predicted octanol–water partition coefficient (Wildman–Crippen LogP) is 2.49. The van der Waals surface area contributed by atoms with E-state index >= 15 is 0 Å². The zero-order valence-corrected chi connectivity index (χ0v) is 8.12. The minimum Gasteiger partial charge on any atom is -0.330 e. The van der Waals surface area contributed by atoms with Crippen molar-refractivity contribution in [2.45, 2.75) is 19.9 Å². The first kappa shape index (κ1) is 8.51. The smallest absolute Gasteiger partial charge is 0.156 e. The van der Waals surface area contributed by atoms with Gasteiger partial charge in [0.25, 0.3) is 0 Å². The molecule has 0 amide bonds. The Hall–Kier alpha value is -1.09. The Kier molecular flexibility index (Phi) is 2.19. The van der Waals surface area contributed by atoms with E-state index in [2.05, 4.69) is 21.5 Å². The molecule has 0 radical (unpaired) electrons. The van der Waals surface area contributed by atoms with Gasteiger partial charge in [-0.2, -0.15) is 0 Å². The molecule has 0 atom stereocenters. The Morgan fingerprint density at radius 3 is 3.08 bits per heavy atom. The van der Waals surface area contributed by atoms with Gasteiger partial charge in [0.2, 0.25) is 0 Å². The van der Waals surface area contributed by atoms with E-state index in [0.717, 1.165) is 24.0 Å². The van der Waals surface area contributed by atoms with Crippen LogP contribution in [0, 0.1) is 0 Å². The molecule has 0 unspecified atom stereocenters. The fraction of sp³-hybridized carbons (Fsp3) is 0.333. The number of hydrogen-bond donors (Lipinski definition) is 0. The van der Waals surface area contributed by atoms with Crippen LogP contribution in [-0.4, -0.2) is 14.5 Å². The number of aromatic nitrogens is 3. The van der Waals surface area contributed by atoms with Crippen LogP contribution in [0.2, 0.25) is 5.15 Å². The van der Waals surface area contributed by atoms with Crippen LogP contribution < -0.4 is 0 Å². The molecule has 0 aromatic carbocycles. The van der Waals surface area contributed by atoms with E-state index in [1.807, 2.05) is 12.4 Å². The summed E-state index contributed by atoms with van der Waals surface area (Å²) in [5.41, 5.74) is 1.85. The Labute approximate surface area is 81.4 Å². The number of aryl methyl sites for hydroxylation is 1. The van der Waals surface area contributed by atoms with Gasteiger partial charge in [-0.1, -0.05) is 18.5 Å². The average Bonchev–Trinajstić information content (AvgIpc) is 2.51. The van der Waals surface area contributed by atoms with Gasteiger partial charge in [0.15, 0.2) is 5.15 Å². The van der Waals surface area contributed by atoms with Crippen LogP contribution >= 0.6 is 11.6 Å². The van der Waals surface area contributed by atoms with Gasteiger partial charge in [0.1, 0.15) is 5.52 Å². The molecule has 0 aliphatic carbocycles. The number of fused-ring (bicyclic) bond motifs is 1. The first-order valence-corrected chi connectivity index (χ1v) is 4.66. The van der Waals surface area contributed by atoms with Crippen molar-refractivity contribution in [1.82, 2.24) is 14.5 Å². The molecule has 13 heavy (non-hydrogen) atoms. The molecular formula is C9H10ClN3. The highest BCUT2D eigenvalue weighted by molar-refractivity contribution is 6.33. The second kappa shape index (κ2) is 3.34. The van der Waals surface area contributed by atoms with Gasteiger partial charge in [0.05, 0.1) is 11.8 Å². The Morgan fingerprint density at radius 1 is 1.46 bits per heavy atom. The van der Waals surface area contributed by atoms with Gasteiger partial charge in [-0.15, -0.1) is 0 Å². The fourth-order valence-corrected chi connectivity index (χ4v) is 1.58. The molecular weight excluding hydrogens is 186 g/mol. The molecule has 0 N–H and O–H groups in total. The molecule has 0 bridgehead atoms. The minimum atomic E-state index is 0.479. The topological polar surface area (TPSA) is 30.7 Å². The fourth-order valence-electron chi connectivity index (χ4n) is 1.38. The standard InChI is InChI=1S/C9H10ClN3/c1-2-5-13-6-12-8-7(13)3-4-11-9(8)10/h3-4,6H,2,5H2,1H3. The molecule has 68 valence electrons. The summed E-state index contributed by atoms with van der Waals surface area (Å²) in [6.45, 7) is 3.10. The first-order chi connectivity index (χ1) is 6.33. The van der Waals surface area contributed by atoms with Gasteiger partial charge >= 0.3 is 0 Å². The largest absolute Gasteiger partial charge is 0.330 e. The summed E-state index contributed by atoms with van der Waals surface area (Å²) < 4.78 is 2.09. The van der Waals surface area contributed by atoms with Gasteiger partial charge in [-0.05, 0) is 12.5 Å². The summed E-state index contributed by atoms with van der Waals surface area (Å²) in [4.78, 5) is 8.18. The van der Waals surface area contributed by atoms with Gasteiger partial charge in [-0.3, -0.25) is 0 Å². The second-order valence-electron chi connectivity index (χ2n) is 2.91. The van der Waals surface area contributed by atoms with Crippen LogP contribution in [0.4, 0.5) is 0 Å². The third kappa shape index (κ3) is 1.40. The number of halogens is 1. The van der Waals surface area contributed by atoms with Crippen LogP contribution in [0.15, 0.2) is 18.6 Å². The van der Waals surface area contributed by atoms with Crippen LogP contribution in [0.3, 0.4) is 0 Å². The van der Waals surface area contributed by atoms with Crippen LogP contribution in [0.1, 0.15) is 13.3 Å². The third-order valence-corrected chi connectivity index (χ3v) is 2.24. The Balaban J connectivity index is 2.61. The van der Waals surface area contributed by atoms with Crippen molar-refractivity contribution in [3.8, 4) is 0 Å². The van der Waals surface area contributed by atoms with Gasteiger partial charge in [-0.25, -0.2) is 9.97 Å². The summed E-state index contributed by atoms with van der Waals surface area (Å²) in [6, 6.07) is 1.93. The average molecular weight is 196 g/mol. The van der Waals surface area contributed by atoms with E-state index in [4.69, 9.17) is 11.6 Å². The molecule has 0 saturated carbocycles. The van der Waals surface area contributed by atoms with Crippen molar-refractivity contribution in [3.63, 3.8) is 0 Å². The maximum Gasteiger partial charge on any atom is 0.156 e. The molecule has 0 spiro atoms. The molecule has 2 rings (SSSR count). The highest BCUT2D eigenvalue weighted by Gasteiger charge is 2.04. The van der Waals surface area contributed by atoms with Crippen molar-refractivity contribution >= 4 is 22.6 Å². The lowest BCUT2D eigenvalue weighted by Gasteiger charge is -1.99. The predicted molar refractivity (Wildman–Crippen MR) is 52.8 cm³/mol. The monoisotopic (exact) mass is 195 g/mol. The summed E-state index contributed by atoms with van der Waals surface area (Å²) in [7, 11) is 0. The quantitative estimate of drug-likeness (QED) is 0.690. The molecule has 2 aromatic heterocycles. The first-order valence-electron chi connectivity index (χ1n) is 4.28. The van der Waals surface area contributed by atoms with Crippen molar-refractivity contribution in [1.29, 1.82) is 0 Å².